The van der Waals surface area contributed by atoms with Crippen LogP contribution in [0.4, 0.5) is 0 Å². The molecule has 0 aromatic heterocycles. The summed E-state index contributed by atoms with van der Waals surface area (Å²) in [6.07, 6.45) is -3.93. The number of hydrogen-bond donors (Lipinski definition) is 2. The van der Waals surface area contributed by atoms with Crippen LogP contribution in [-0.2, 0) is 37.8 Å². The second kappa shape index (κ2) is 14.6. The summed E-state index contributed by atoms with van der Waals surface area (Å²) in [5.41, 5.74) is -5.57. The molecule has 11 nitrogen and oxygen atoms in total. The minimum absolute atomic E-state index is 0.148. The molecule has 2 N–H and O–H groups in total. The van der Waals surface area contributed by atoms with E-state index in [9.17, 15) is 24.6 Å². The van der Waals surface area contributed by atoms with Crippen LogP contribution in [0.1, 0.15) is 92.4 Å². The fraction of sp³-hybridized carbons (Fsp3) is 0.684. The molecular formula is C38H56O11Si. The molecule has 1 aliphatic heterocycles. The first-order valence-electron chi connectivity index (χ1n) is 17.8. The predicted octanol–water partition coefficient (Wildman–Crippen LogP) is 5.32. The first kappa shape index (κ1) is 39.9. The Kier molecular flexibility index (Phi) is 11.7. The molecule has 1 aromatic rings. The Morgan fingerprint density at radius 1 is 0.980 bits per heavy atom. The van der Waals surface area contributed by atoms with Gasteiger partial charge in [-0.1, -0.05) is 58.9 Å². The van der Waals surface area contributed by atoms with Crippen molar-refractivity contribution in [1.82, 2.24) is 0 Å². The summed E-state index contributed by atoms with van der Waals surface area (Å²) in [6, 6.07) is 10.5. The average molecular weight is 717 g/mol. The number of aliphatic hydroxyl groups excluding tert-OH is 1. The molecule has 1 saturated heterocycles. The van der Waals surface area contributed by atoms with Crippen LogP contribution in [0, 0.1) is 16.7 Å². The van der Waals surface area contributed by atoms with Crippen molar-refractivity contribution in [2.45, 2.75) is 142 Å². The van der Waals surface area contributed by atoms with Crippen molar-refractivity contribution >= 4 is 32.0 Å². The van der Waals surface area contributed by atoms with Crippen LogP contribution >= 0.6 is 0 Å². The van der Waals surface area contributed by atoms with Crippen LogP contribution in [-0.4, -0.2) is 90.6 Å². The van der Waals surface area contributed by atoms with E-state index >= 15 is 4.79 Å². The molecule has 1 saturated carbocycles. The molecule has 50 heavy (non-hydrogen) atoms. The van der Waals surface area contributed by atoms with Gasteiger partial charge in [0.05, 0.1) is 35.7 Å². The van der Waals surface area contributed by atoms with E-state index in [4.69, 9.17) is 23.4 Å². The molecule has 0 spiro atoms. The smallest absolute Gasteiger partial charge is 0.338 e. The highest BCUT2D eigenvalue weighted by Gasteiger charge is 2.76. The van der Waals surface area contributed by atoms with E-state index < -0.39 is 90.5 Å². The monoisotopic (exact) mass is 716 g/mol. The molecule has 2 fully saturated rings. The highest BCUT2D eigenvalue weighted by atomic mass is 28.4. The van der Waals surface area contributed by atoms with Gasteiger partial charge in [0, 0.05) is 32.1 Å². The van der Waals surface area contributed by atoms with Crippen LogP contribution in [0.25, 0.3) is 0 Å². The van der Waals surface area contributed by atoms with Gasteiger partial charge in [0.15, 0.2) is 25.8 Å². The molecule has 1 unspecified atom stereocenters. The molecule has 1 aromatic carbocycles. The van der Waals surface area contributed by atoms with Crippen molar-refractivity contribution < 1.29 is 52.8 Å². The lowest BCUT2D eigenvalue weighted by Gasteiger charge is -2.66. The van der Waals surface area contributed by atoms with Crippen LogP contribution in [0.5, 0.6) is 0 Å². The van der Waals surface area contributed by atoms with Gasteiger partial charge in [-0.05, 0) is 56.6 Å². The molecular weight excluding hydrogens is 660 g/mol. The number of hydrogen-bond acceptors (Lipinski definition) is 11. The predicted molar refractivity (Wildman–Crippen MR) is 188 cm³/mol. The van der Waals surface area contributed by atoms with Gasteiger partial charge >= 0.3 is 17.9 Å². The van der Waals surface area contributed by atoms with Crippen LogP contribution in [0.3, 0.4) is 0 Å². The maximum Gasteiger partial charge on any atom is 0.338 e. The van der Waals surface area contributed by atoms with Crippen LogP contribution in [0.15, 0.2) is 42.0 Å². The number of aliphatic hydroxyl groups is 2. The third-order valence-electron chi connectivity index (χ3n) is 12.0. The van der Waals surface area contributed by atoms with E-state index in [1.165, 1.54) is 20.8 Å². The quantitative estimate of drug-likeness (QED) is 0.118. The lowest BCUT2D eigenvalue weighted by molar-refractivity contribution is -0.342. The first-order chi connectivity index (χ1) is 23.3. The lowest BCUT2D eigenvalue weighted by atomic mass is 9.48. The van der Waals surface area contributed by atoms with Gasteiger partial charge in [0.1, 0.15) is 17.8 Å². The number of carbonyl (C=O) groups excluding carboxylic acids is 4. The van der Waals surface area contributed by atoms with Crippen molar-refractivity contribution in [3.8, 4) is 0 Å². The largest absolute Gasteiger partial charge is 0.455 e. The van der Waals surface area contributed by atoms with Gasteiger partial charge in [0.25, 0.3) is 0 Å². The van der Waals surface area contributed by atoms with Crippen molar-refractivity contribution in [3.05, 3.63) is 47.5 Å². The van der Waals surface area contributed by atoms with Crippen molar-refractivity contribution in [2.75, 3.05) is 6.61 Å². The minimum atomic E-state index is -2.49. The third kappa shape index (κ3) is 6.86. The third-order valence-corrected chi connectivity index (χ3v) is 16.6. The lowest BCUT2D eigenvalue weighted by Crippen LogP contribution is -2.81. The molecule has 0 amide bonds. The first-order valence-corrected chi connectivity index (χ1v) is 20.4. The molecule has 12 heteroatoms. The van der Waals surface area contributed by atoms with E-state index in [-0.39, 0.29) is 25.0 Å². The zero-order chi connectivity index (χ0) is 37.4. The summed E-state index contributed by atoms with van der Waals surface area (Å²) in [6.45, 7) is 17.0. The number of ketones is 1. The number of rotatable bonds is 13. The Morgan fingerprint density at radius 2 is 1.58 bits per heavy atom. The Balaban J connectivity index is 2.09. The summed E-state index contributed by atoms with van der Waals surface area (Å²) in [7, 11) is -2.49. The van der Waals surface area contributed by atoms with Crippen LogP contribution < -0.4 is 0 Å². The molecule has 0 bridgehead atoms. The molecule has 278 valence electrons. The highest BCUT2D eigenvalue weighted by Crippen LogP contribution is 2.61. The van der Waals surface area contributed by atoms with E-state index in [1.807, 2.05) is 0 Å². The molecule has 1 heterocycles. The minimum Gasteiger partial charge on any atom is -0.455 e. The summed E-state index contributed by atoms with van der Waals surface area (Å²) < 4.78 is 31.5. The number of esters is 3. The van der Waals surface area contributed by atoms with E-state index in [0.717, 1.165) is 18.1 Å². The summed E-state index contributed by atoms with van der Waals surface area (Å²) in [5.74, 6) is -3.91. The normalized spacial score (nSPS) is 33.1. The summed E-state index contributed by atoms with van der Waals surface area (Å²) in [5, 5.41) is 24.4. The van der Waals surface area contributed by atoms with Gasteiger partial charge in [-0.2, -0.15) is 0 Å². The number of carbonyl (C=O) groups is 4. The second-order valence-corrected chi connectivity index (χ2v) is 20.0. The van der Waals surface area contributed by atoms with Crippen molar-refractivity contribution in [2.24, 2.45) is 16.7 Å². The zero-order valence-electron chi connectivity index (χ0n) is 31.2. The maximum atomic E-state index is 15.1. The van der Waals surface area contributed by atoms with E-state index in [2.05, 4.69) is 20.8 Å². The number of ether oxygens (including phenoxy) is 4. The topological polar surface area (TPSA) is 155 Å². The maximum absolute atomic E-state index is 15.1. The van der Waals surface area contributed by atoms with Crippen LogP contribution in [0.2, 0.25) is 18.1 Å². The standard InChI is InChI=1S/C38H56O11Si/c1-11-50(12-2,13-3)49-29-19-30-37(22-45-30,48-26(7)40)31(36(29,10)32(42)24(5)46-25(6)39)33(47-34(43)27-17-15-14-16-18-27)38(44)21-28(41)23(4)20-35(38,8)9/h14-18,20,24,28-31,33,41,44H,11-13,19,21-22H2,1-10H3/t24-,28+,29+,30-,31?,33+,36-,37+,38-/m1/s1. The Hall–Kier alpha value is -2.90. The fourth-order valence-corrected chi connectivity index (χ4v) is 11.7. The highest BCUT2D eigenvalue weighted by molar-refractivity contribution is 6.73. The van der Waals surface area contributed by atoms with E-state index in [0.29, 0.717) is 5.57 Å². The average Bonchev–Trinajstić information content (AvgIpc) is 3.05. The molecule has 4 rings (SSSR count). The number of benzene rings is 1. The molecule has 2 aliphatic carbocycles. The Morgan fingerprint density at radius 3 is 2.08 bits per heavy atom. The molecule has 3 aliphatic rings. The van der Waals surface area contributed by atoms with Crippen molar-refractivity contribution in [1.29, 1.82) is 0 Å². The van der Waals surface area contributed by atoms with Gasteiger partial charge in [-0.15, -0.1) is 0 Å². The second-order valence-electron chi connectivity index (χ2n) is 15.3. The van der Waals surface area contributed by atoms with Gasteiger partial charge in [-0.25, -0.2) is 4.79 Å². The SMILES string of the molecule is CC[Si](CC)(CC)O[C@H]1C[C@H]2OC[C@@]2(OC(C)=O)C([C@H](OC(=O)c2ccccc2)[C@]2(O)C[C@H](O)C(C)=CC2(C)C)[C@]1(C)C(=O)[C@@H](C)OC(C)=O. The summed E-state index contributed by atoms with van der Waals surface area (Å²) in [4.78, 5) is 54.6. The van der Waals surface area contributed by atoms with E-state index in [1.54, 1.807) is 64.1 Å². The Labute approximate surface area is 297 Å². The fourth-order valence-electron chi connectivity index (χ4n) is 8.78. The van der Waals surface area contributed by atoms with Gasteiger partial charge in [-0.3, -0.25) is 14.4 Å². The zero-order valence-corrected chi connectivity index (χ0v) is 32.2. The number of fused-ring (bicyclic) bond motifs is 1. The number of Topliss-reactive ketones (excluding diaryl/α,β-unsaturated/α-hetero) is 1. The Bertz CT molecular complexity index is 1460. The molecule has 0 radical (unpaired) electrons. The summed E-state index contributed by atoms with van der Waals surface area (Å²) >= 11 is 0. The van der Waals surface area contributed by atoms with Gasteiger partial charge < -0.3 is 33.6 Å². The molecule has 9 atom stereocenters. The van der Waals surface area contributed by atoms with Crippen molar-refractivity contribution in [3.63, 3.8) is 0 Å². The van der Waals surface area contributed by atoms with Gasteiger partial charge in [0.2, 0.25) is 0 Å².